The third-order valence-electron chi connectivity index (χ3n) is 5.74. The van der Waals surface area contributed by atoms with Gasteiger partial charge in [0.15, 0.2) is 0 Å². The van der Waals surface area contributed by atoms with Crippen LogP contribution >= 0.6 is 0 Å². The van der Waals surface area contributed by atoms with E-state index in [1.54, 1.807) is 0 Å². The molecule has 2 aliphatic rings. The first-order chi connectivity index (χ1) is 10.3. The number of nitrogens with zero attached hydrogens (tertiary/aromatic N) is 1. The molecule has 1 heterocycles. The molecule has 1 saturated carbocycles. The SMILES string of the molecule is CCCC1CCCN(C2CCCCCCC2NCC)CC1. The van der Waals surface area contributed by atoms with Gasteiger partial charge in [-0.3, -0.25) is 4.90 Å². The average Bonchev–Trinajstić information content (AvgIpc) is 2.69. The Morgan fingerprint density at radius 1 is 0.857 bits per heavy atom. The van der Waals surface area contributed by atoms with Gasteiger partial charge in [0.05, 0.1) is 0 Å². The van der Waals surface area contributed by atoms with Gasteiger partial charge in [0.1, 0.15) is 0 Å². The van der Waals surface area contributed by atoms with Gasteiger partial charge in [0, 0.05) is 12.1 Å². The minimum Gasteiger partial charge on any atom is -0.313 e. The lowest BCUT2D eigenvalue weighted by atomic mass is 9.90. The topological polar surface area (TPSA) is 15.3 Å². The molecular formula is C19H38N2. The van der Waals surface area contributed by atoms with Crippen molar-refractivity contribution in [2.24, 2.45) is 5.92 Å². The van der Waals surface area contributed by atoms with Crippen LogP contribution in [-0.4, -0.2) is 36.6 Å². The highest BCUT2D eigenvalue weighted by molar-refractivity contribution is 4.87. The van der Waals surface area contributed by atoms with Crippen molar-refractivity contribution in [3.63, 3.8) is 0 Å². The molecule has 3 unspecified atom stereocenters. The number of likely N-dealkylation sites (tertiary alicyclic amines) is 1. The highest BCUT2D eigenvalue weighted by atomic mass is 15.2. The van der Waals surface area contributed by atoms with Crippen molar-refractivity contribution in [1.82, 2.24) is 10.2 Å². The summed E-state index contributed by atoms with van der Waals surface area (Å²) in [5.74, 6) is 1.01. The zero-order chi connectivity index (χ0) is 14.9. The Morgan fingerprint density at radius 3 is 2.43 bits per heavy atom. The first-order valence-electron chi connectivity index (χ1n) is 9.82. The zero-order valence-corrected chi connectivity index (χ0v) is 14.6. The summed E-state index contributed by atoms with van der Waals surface area (Å²) < 4.78 is 0. The summed E-state index contributed by atoms with van der Waals surface area (Å²) in [4.78, 5) is 2.87. The predicted molar refractivity (Wildman–Crippen MR) is 92.8 cm³/mol. The van der Waals surface area contributed by atoms with Crippen molar-refractivity contribution in [1.29, 1.82) is 0 Å². The Bertz CT molecular complexity index is 266. The Labute approximate surface area is 133 Å². The fourth-order valence-corrected chi connectivity index (χ4v) is 4.62. The van der Waals surface area contributed by atoms with Crippen LogP contribution in [0.1, 0.15) is 84.5 Å². The van der Waals surface area contributed by atoms with Crippen molar-refractivity contribution < 1.29 is 0 Å². The lowest BCUT2D eigenvalue weighted by molar-refractivity contribution is 0.136. The molecule has 0 amide bonds. The van der Waals surface area contributed by atoms with Gasteiger partial charge < -0.3 is 5.32 Å². The number of likely N-dealkylation sites (N-methyl/N-ethyl adjacent to an activating group) is 1. The van der Waals surface area contributed by atoms with E-state index < -0.39 is 0 Å². The van der Waals surface area contributed by atoms with E-state index in [0.29, 0.717) is 0 Å². The van der Waals surface area contributed by atoms with Gasteiger partial charge in [-0.2, -0.15) is 0 Å². The molecule has 0 radical (unpaired) electrons. The fourth-order valence-electron chi connectivity index (χ4n) is 4.62. The molecule has 1 N–H and O–H groups in total. The van der Waals surface area contributed by atoms with Gasteiger partial charge in [0.25, 0.3) is 0 Å². The first kappa shape index (κ1) is 17.3. The third kappa shape index (κ3) is 5.56. The summed E-state index contributed by atoms with van der Waals surface area (Å²) in [7, 11) is 0. The smallest absolute Gasteiger partial charge is 0.0249 e. The minimum absolute atomic E-state index is 0.748. The largest absolute Gasteiger partial charge is 0.313 e. The van der Waals surface area contributed by atoms with Crippen LogP contribution < -0.4 is 5.32 Å². The van der Waals surface area contributed by atoms with Gasteiger partial charge in [0.2, 0.25) is 0 Å². The van der Waals surface area contributed by atoms with E-state index in [9.17, 15) is 0 Å². The van der Waals surface area contributed by atoms with Crippen LogP contribution in [0, 0.1) is 5.92 Å². The summed E-state index contributed by atoms with van der Waals surface area (Å²) in [6.45, 7) is 8.46. The molecule has 0 bridgehead atoms. The van der Waals surface area contributed by atoms with Crippen LogP contribution in [0.2, 0.25) is 0 Å². The monoisotopic (exact) mass is 294 g/mol. The van der Waals surface area contributed by atoms with E-state index in [1.807, 2.05) is 0 Å². The molecule has 2 nitrogen and oxygen atoms in total. The normalized spacial score (nSPS) is 33.1. The van der Waals surface area contributed by atoms with Crippen LogP contribution in [0.25, 0.3) is 0 Å². The molecule has 0 aromatic rings. The van der Waals surface area contributed by atoms with E-state index >= 15 is 0 Å². The molecule has 0 aromatic heterocycles. The Morgan fingerprint density at radius 2 is 1.67 bits per heavy atom. The van der Waals surface area contributed by atoms with Crippen molar-refractivity contribution in [2.75, 3.05) is 19.6 Å². The molecular weight excluding hydrogens is 256 g/mol. The quantitative estimate of drug-likeness (QED) is 0.798. The Balaban J connectivity index is 1.94. The highest BCUT2D eigenvalue weighted by Crippen LogP contribution is 2.27. The van der Waals surface area contributed by atoms with E-state index in [-0.39, 0.29) is 0 Å². The van der Waals surface area contributed by atoms with E-state index in [0.717, 1.165) is 24.5 Å². The van der Waals surface area contributed by atoms with E-state index in [4.69, 9.17) is 0 Å². The summed E-state index contributed by atoms with van der Waals surface area (Å²) in [6.07, 6.45) is 15.8. The zero-order valence-electron chi connectivity index (χ0n) is 14.6. The van der Waals surface area contributed by atoms with Crippen LogP contribution in [0.5, 0.6) is 0 Å². The summed E-state index contributed by atoms with van der Waals surface area (Å²) in [5.41, 5.74) is 0. The molecule has 0 aromatic carbocycles. The van der Waals surface area contributed by atoms with Gasteiger partial charge in [-0.1, -0.05) is 52.4 Å². The highest BCUT2D eigenvalue weighted by Gasteiger charge is 2.29. The minimum atomic E-state index is 0.748. The van der Waals surface area contributed by atoms with E-state index in [2.05, 4.69) is 24.1 Å². The lowest BCUT2D eigenvalue weighted by Gasteiger charge is -2.38. The molecule has 2 fully saturated rings. The van der Waals surface area contributed by atoms with Crippen molar-refractivity contribution in [3.05, 3.63) is 0 Å². The van der Waals surface area contributed by atoms with Crippen molar-refractivity contribution in [2.45, 2.75) is 96.6 Å². The summed E-state index contributed by atoms with van der Waals surface area (Å²) >= 11 is 0. The Kier molecular flexibility index (Phi) is 8.10. The fraction of sp³-hybridized carbons (Fsp3) is 1.00. The maximum absolute atomic E-state index is 3.81. The molecule has 2 heteroatoms. The molecule has 21 heavy (non-hydrogen) atoms. The number of hydrogen-bond donors (Lipinski definition) is 1. The molecule has 0 spiro atoms. The number of nitrogens with one attached hydrogen (secondary N) is 1. The van der Waals surface area contributed by atoms with Gasteiger partial charge in [-0.15, -0.1) is 0 Å². The number of hydrogen-bond acceptors (Lipinski definition) is 2. The van der Waals surface area contributed by atoms with Gasteiger partial charge in [-0.25, -0.2) is 0 Å². The van der Waals surface area contributed by atoms with Crippen LogP contribution in [0.4, 0.5) is 0 Å². The third-order valence-corrected chi connectivity index (χ3v) is 5.74. The molecule has 1 aliphatic carbocycles. The van der Waals surface area contributed by atoms with Crippen LogP contribution in [0.3, 0.4) is 0 Å². The standard InChI is InChI=1S/C19H38N2/c1-3-10-17-11-9-15-21(16-14-17)19-13-8-6-5-7-12-18(19)20-4-2/h17-20H,3-16H2,1-2H3. The van der Waals surface area contributed by atoms with Crippen molar-refractivity contribution in [3.8, 4) is 0 Å². The molecule has 3 atom stereocenters. The van der Waals surface area contributed by atoms with Gasteiger partial charge in [-0.05, 0) is 57.7 Å². The maximum Gasteiger partial charge on any atom is 0.0249 e. The Hall–Kier alpha value is -0.0800. The number of rotatable bonds is 5. The predicted octanol–water partition coefficient (Wildman–Crippen LogP) is 4.59. The first-order valence-corrected chi connectivity index (χ1v) is 9.82. The maximum atomic E-state index is 3.81. The van der Waals surface area contributed by atoms with Crippen LogP contribution in [-0.2, 0) is 0 Å². The average molecular weight is 295 g/mol. The second kappa shape index (κ2) is 9.84. The second-order valence-electron chi connectivity index (χ2n) is 7.34. The van der Waals surface area contributed by atoms with Gasteiger partial charge >= 0.3 is 0 Å². The molecule has 1 saturated heterocycles. The van der Waals surface area contributed by atoms with Crippen LogP contribution in [0.15, 0.2) is 0 Å². The molecule has 1 aliphatic heterocycles. The second-order valence-corrected chi connectivity index (χ2v) is 7.34. The van der Waals surface area contributed by atoms with E-state index in [1.165, 1.54) is 83.7 Å². The lowest BCUT2D eigenvalue weighted by Crippen LogP contribution is -2.51. The molecule has 124 valence electrons. The summed E-state index contributed by atoms with van der Waals surface area (Å²) in [6, 6.07) is 1.56. The molecule has 2 rings (SSSR count). The summed E-state index contributed by atoms with van der Waals surface area (Å²) in [5, 5.41) is 3.81. The van der Waals surface area contributed by atoms with Crippen molar-refractivity contribution >= 4 is 0 Å².